The number of carbonyl (C=O) groups excluding carboxylic acids is 1. The minimum Gasteiger partial charge on any atom is -0.490 e. The highest BCUT2D eigenvalue weighted by atomic mass is 35.5. The fourth-order valence-corrected chi connectivity index (χ4v) is 4.10. The fourth-order valence-electron chi connectivity index (χ4n) is 2.78. The molecule has 4 aromatic rings. The Morgan fingerprint density at radius 1 is 1.35 bits per heavy atom. The summed E-state index contributed by atoms with van der Waals surface area (Å²) in [7, 11) is 0. The van der Waals surface area contributed by atoms with Crippen LogP contribution in [0.15, 0.2) is 40.8 Å². The van der Waals surface area contributed by atoms with E-state index in [2.05, 4.69) is 10.3 Å². The van der Waals surface area contributed by atoms with E-state index in [-0.39, 0.29) is 11.7 Å². The lowest BCUT2D eigenvalue weighted by Gasteiger charge is -2.02. The van der Waals surface area contributed by atoms with Gasteiger partial charge in [-0.3, -0.25) is 10.1 Å². The van der Waals surface area contributed by atoms with Crippen LogP contribution >= 0.6 is 22.9 Å². The number of benzene rings is 2. The van der Waals surface area contributed by atoms with E-state index in [0.29, 0.717) is 28.1 Å². The van der Waals surface area contributed by atoms with E-state index in [1.54, 1.807) is 6.07 Å². The first-order chi connectivity index (χ1) is 12.5. The number of aryl methyl sites for hydroxylation is 1. The Morgan fingerprint density at radius 2 is 2.19 bits per heavy atom. The third kappa shape index (κ3) is 3.02. The molecule has 0 radical (unpaired) electrons. The standard InChI is InChI=1S/C19H15ClN2O3S/c1-3-24-13-6-4-5-11-8-14(25-17(11)13)18(23)22-19-21-16-10(2)7-12(20)9-15(16)26-19/h4-9H,3H2,1-2H3,(H,21,22,23). The van der Waals surface area contributed by atoms with Crippen molar-refractivity contribution in [1.82, 2.24) is 4.98 Å². The Balaban J connectivity index is 1.65. The number of hydrogen-bond acceptors (Lipinski definition) is 5. The molecular formula is C19H15ClN2O3S. The molecule has 0 aliphatic rings. The first-order valence-corrected chi connectivity index (χ1v) is 9.28. The van der Waals surface area contributed by atoms with E-state index in [9.17, 15) is 4.79 Å². The fraction of sp³-hybridized carbons (Fsp3) is 0.158. The number of para-hydroxylation sites is 1. The quantitative estimate of drug-likeness (QED) is 0.491. The van der Waals surface area contributed by atoms with Crippen LogP contribution in [0.25, 0.3) is 21.2 Å². The average molecular weight is 387 g/mol. The molecule has 0 saturated heterocycles. The summed E-state index contributed by atoms with van der Waals surface area (Å²) in [5, 5.41) is 4.76. The van der Waals surface area contributed by atoms with E-state index in [1.807, 2.05) is 44.2 Å². The lowest BCUT2D eigenvalue weighted by atomic mass is 10.2. The van der Waals surface area contributed by atoms with Crippen molar-refractivity contribution in [3.8, 4) is 5.75 Å². The molecule has 0 saturated carbocycles. The number of nitrogens with zero attached hydrogens (tertiary/aromatic N) is 1. The summed E-state index contributed by atoms with van der Waals surface area (Å²) in [6.45, 7) is 4.36. The second-order valence-electron chi connectivity index (χ2n) is 5.76. The van der Waals surface area contributed by atoms with E-state index < -0.39 is 0 Å². The number of carbonyl (C=O) groups is 1. The van der Waals surface area contributed by atoms with E-state index in [0.717, 1.165) is 21.2 Å². The molecule has 2 heterocycles. The van der Waals surface area contributed by atoms with Crippen LogP contribution in [-0.2, 0) is 0 Å². The second kappa shape index (κ2) is 6.63. The molecule has 0 spiro atoms. The van der Waals surface area contributed by atoms with Crippen LogP contribution in [0.3, 0.4) is 0 Å². The van der Waals surface area contributed by atoms with Gasteiger partial charge in [-0.2, -0.15) is 0 Å². The molecule has 0 fully saturated rings. The summed E-state index contributed by atoms with van der Waals surface area (Å²) in [6, 6.07) is 10.9. The minimum absolute atomic E-state index is 0.209. The van der Waals surface area contributed by atoms with Crippen molar-refractivity contribution in [2.75, 3.05) is 11.9 Å². The number of hydrogen-bond donors (Lipinski definition) is 1. The van der Waals surface area contributed by atoms with Gasteiger partial charge in [0.25, 0.3) is 5.91 Å². The van der Waals surface area contributed by atoms with E-state index in [1.165, 1.54) is 11.3 Å². The molecule has 0 bridgehead atoms. The number of thiazole rings is 1. The molecular weight excluding hydrogens is 372 g/mol. The monoisotopic (exact) mass is 386 g/mol. The van der Waals surface area contributed by atoms with Gasteiger partial charge in [-0.15, -0.1) is 0 Å². The first-order valence-electron chi connectivity index (χ1n) is 8.08. The van der Waals surface area contributed by atoms with Crippen molar-refractivity contribution < 1.29 is 13.9 Å². The third-order valence-electron chi connectivity index (χ3n) is 3.90. The first kappa shape index (κ1) is 16.9. The third-order valence-corrected chi connectivity index (χ3v) is 5.04. The number of halogens is 1. The molecule has 2 aromatic carbocycles. The zero-order chi connectivity index (χ0) is 18.3. The maximum Gasteiger partial charge on any atom is 0.293 e. The van der Waals surface area contributed by atoms with Gasteiger partial charge in [0.1, 0.15) is 0 Å². The van der Waals surface area contributed by atoms with Gasteiger partial charge in [-0.1, -0.05) is 35.1 Å². The Morgan fingerprint density at radius 3 is 3.00 bits per heavy atom. The summed E-state index contributed by atoms with van der Waals surface area (Å²) in [5.41, 5.74) is 2.36. The van der Waals surface area contributed by atoms with Crippen molar-refractivity contribution in [2.45, 2.75) is 13.8 Å². The van der Waals surface area contributed by atoms with E-state index in [4.69, 9.17) is 20.8 Å². The molecule has 5 nitrogen and oxygen atoms in total. The highest BCUT2D eigenvalue weighted by Crippen LogP contribution is 2.32. The SMILES string of the molecule is CCOc1cccc2cc(C(=O)Nc3nc4c(C)cc(Cl)cc4s3)oc12. The Labute approximate surface area is 158 Å². The lowest BCUT2D eigenvalue weighted by molar-refractivity contribution is 0.0998. The van der Waals surface area contributed by atoms with Crippen LogP contribution < -0.4 is 10.1 Å². The zero-order valence-electron chi connectivity index (χ0n) is 14.1. The number of amides is 1. The van der Waals surface area contributed by atoms with Gasteiger partial charge in [-0.25, -0.2) is 4.98 Å². The molecule has 0 aliphatic carbocycles. The van der Waals surface area contributed by atoms with Gasteiger partial charge >= 0.3 is 0 Å². The number of aromatic nitrogens is 1. The van der Waals surface area contributed by atoms with Crippen LogP contribution in [0.5, 0.6) is 5.75 Å². The predicted octanol–water partition coefficient (Wildman–Crippen LogP) is 5.66. The summed E-state index contributed by atoms with van der Waals surface area (Å²) in [5.74, 6) is 0.474. The van der Waals surface area contributed by atoms with Crippen molar-refractivity contribution in [2.24, 2.45) is 0 Å². The van der Waals surface area contributed by atoms with Crippen molar-refractivity contribution in [3.63, 3.8) is 0 Å². The van der Waals surface area contributed by atoms with Gasteiger partial charge in [-0.05, 0) is 43.7 Å². The molecule has 0 unspecified atom stereocenters. The number of anilines is 1. The van der Waals surface area contributed by atoms with Gasteiger partial charge in [0.2, 0.25) is 0 Å². The number of fused-ring (bicyclic) bond motifs is 2. The summed E-state index contributed by atoms with van der Waals surface area (Å²) in [6.07, 6.45) is 0. The molecule has 4 rings (SSSR count). The number of ether oxygens (including phenoxy) is 1. The highest BCUT2D eigenvalue weighted by molar-refractivity contribution is 7.22. The minimum atomic E-state index is -0.355. The molecule has 1 N–H and O–H groups in total. The summed E-state index contributed by atoms with van der Waals surface area (Å²) in [4.78, 5) is 17.1. The largest absolute Gasteiger partial charge is 0.490 e. The Hall–Kier alpha value is -2.57. The zero-order valence-corrected chi connectivity index (χ0v) is 15.7. The molecule has 132 valence electrons. The normalized spacial score (nSPS) is 11.2. The average Bonchev–Trinajstić information content (AvgIpc) is 3.19. The Kier molecular flexibility index (Phi) is 4.30. The summed E-state index contributed by atoms with van der Waals surface area (Å²) >= 11 is 7.46. The molecule has 2 aromatic heterocycles. The smallest absolute Gasteiger partial charge is 0.293 e. The summed E-state index contributed by atoms with van der Waals surface area (Å²) < 4.78 is 12.2. The van der Waals surface area contributed by atoms with Crippen molar-refractivity contribution >= 4 is 55.2 Å². The van der Waals surface area contributed by atoms with Crippen LogP contribution in [-0.4, -0.2) is 17.5 Å². The van der Waals surface area contributed by atoms with Gasteiger partial charge in [0.15, 0.2) is 22.2 Å². The van der Waals surface area contributed by atoms with Crippen LogP contribution in [0, 0.1) is 6.92 Å². The molecule has 0 atom stereocenters. The Bertz CT molecular complexity index is 1130. The van der Waals surface area contributed by atoms with Gasteiger partial charge < -0.3 is 9.15 Å². The maximum atomic E-state index is 12.6. The van der Waals surface area contributed by atoms with Crippen LogP contribution in [0.4, 0.5) is 5.13 Å². The van der Waals surface area contributed by atoms with E-state index >= 15 is 0 Å². The number of rotatable bonds is 4. The topological polar surface area (TPSA) is 64.4 Å². The molecule has 0 aliphatic heterocycles. The van der Waals surface area contributed by atoms with Crippen molar-refractivity contribution in [3.05, 3.63) is 52.7 Å². The molecule has 1 amide bonds. The van der Waals surface area contributed by atoms with Crippen LogP contribution in [0.1, 0.15) is 23.0 Å². The number of nitrogens with one attached hydrogen (secondary N) is 1. The van der Waals surface area contributed by atoms with Crippen LogP contribution in [0.2, 0.25) is 5.02 Å². The van der Waals surface area contributed by atoms with Crippen molar-refractivity contribution in [1.29, 1.82) is 0 Å². The molecule has 26 heavy (non-hydrogen) atoms. The second-order valence-corrected chi connectivity index (χ2v) is 7.23. The maximum absolute atomic E-state index is 12.6. The number of furan rings is 1. The highest BCUT2D eigenvalue weighted by Gasteiger charge is 2.17. The lowest BCUT2D eigenvalue weighted by Crippen LogP contribution is -2.10. The van der Waals surface area contributed by atoms with Gasteiger partial charge in [0, 0.05) is 10.4 Å². The van der Waals surface area contributed by atoms with Gasteiger partial charge in [0.05, 0.1) is 16.8 Å². The molecule has 7 heteroatoms. The predicted molar refractivity (Wildman–Crippen MR) is 105 cm³/mol.